The molecule has 2 aliphatic heterocycles. The van der Waals surface area contributed by atoms with Crippen molar-refractivity contribution in [3.05, 3.63) is 29.8 Å². The Bertz CT molecular complexity index is 663. The Morgan fingerprint density at radius 3 is 2.85 bits per heavy atom. The second-order valence-corrected chi connectivity index (χ2v) is 7.50. The number of carbonyl (C=O) groups is 2. The van der Waals surface area contributed by atoms with Crippen LogP contribution >= 0.6 is 0 Å². The molecule has 4 unspecified atom stereocenters. The summed E-state index contributed by atoms with van der Waals surface area (Å²) in [5.41, 5.74) is 2.09. The van der Waals surface area contributed by atoms with Crippen molar-refractivity contribution < 1.29 is 14.7 Å². The van der Waals surface area contributed by atoms with Gasteiger partial charge >= 0.3 is 0 Å². The van der Waals surface area contributed by atoms with Crippen LogP contribution in [0.2, 0.25) is 0 Å². The summed E-state index contributed by atoms with van der Waals surface area (Å²) in [6.45, 7) is 6.44. The third kappa shape index (κ3) is 3.91. The van der Waals surface area contributed by atoms with Crippen molar-refractivity contribution in [2.75, 3.05) is 31.1 Å². The second-order valence-electron chi connectivity index (χ2n) is 7.50. The van der Waals surface area contributed by atoms with E-state index in [9.17, 15) is 14.7 Å². The molecule has 2 saturated heterocycles. The molecule has 0 bridgehead atoms. The average molecular weight is 359 g/mol. The lowest BCUT2D eigenvalue weighted by Gasteiger charge is -2.23. The Balaban J connectivity index is 1.64. The Morgan fingerprint density at radius 1 is 1.38 bits per heavy atom. The number of nitrogens with zero attached hydrogens (tertiary/aromatic N) is 1. The third-order valence-electron chi connectivity index (χ3n) is 5.71. The summed E-state index contributed by atoms with van der Waals surface area (Å²) in [6.07, 6.45) is 0.826. The summed E-state index contributed by atoms with van der Waals surface area (Å²) in [6, 6.07) is 7.98. The Hall–Kier alpha value is -1.92. The molecule has 1 aromatic carbocycles. The number of para-hydroxylation sites is 1. The van der Waals surface area contributed by atoms with Gasteiger partial charge in [0.2, 0.25) is 11.8 Å². The highest BCUT2D eigenvalue weighted by molar-refractivity contribution is 6.00. The van der Waals surface area contributed by atoms with E-state index < -0.39 is 6.10 Å². The third-order valence-corrected chi connectivity index (χ3v) is 5.71. The van der Waals surface area contributed by atoms with Crippen molar-refractivity contribution in [3.8, 4) is 0 Å². The molecule has 6 heteroatoms. The summed E-state index contributed by atoms with van der Waals surface area (Å²) in [5, 5.41) is 15.9. The molecule has 2 amide bonds. The molecular formula is C20H29N3O3. The Labute approximate surface area is 155 Å². The fourth-order valence-electron chi connectivity index (χ4n) is 3.79. The minimum Gasteiger partial charge on any atom is -0.391 e. The van der Waals surface area contributed by atoms with Gasteiger partial charge in [-0.05, 0) is 24.0 Å². The molecule has 3 N–H and O–H groups in total. The van der Waals surface area contributed by atoms with Gasteiger partial charge in [0.25, 0.3) is 0 Å². The number of hydrogen-bond acceptors (Lipinski definition) is 4. The number of rotatable bonds is 6. The minimum atomic E-state index is -0.417. The molecule has 1 aromatic rings. The van der Waals surface area contributed by atoms with E-state index in [0.29, 0.717) is 32.1 Å². The molecule has 0 radical (unpaired) electrons. The maximum atomic E-state index is 12.6. The monoisotopic (exact) mass is 359 g/mol. The van der Waals surface area contributed by atoms with Crippen molar-refractivity contribution in [2.24, 2.45) is 11.8 Å². The first-order valence-corrected chi connectivity index (χ1v) is 9.57. The van der Waals surface area contributed by atoms with E-state index in [0.717, 1.165) is 17.7 Å². The van der Waals surface area contributed by atoms with E-state index in [1.807, 2.05) is 18.2 Å². The van der Waals surface area contributed by atoms with Gasteiger partial charge in [-0.15, -0.1) is 0 Å². The van der Waals surface area contributed by atoms with Crippen LogP contribution in [0.1, 0.15) is 38.2 Å². The zero-order valence-electron chi connectivity index (χ0n) is 15.6. The molecular weight excluding hydrogens is 330 g/mol. The van der Waals surface area contributed by atoms with E-state index in [2.05, 4.69) is 30.5 Å². The Morgan fingerprint density at radius 2 is 2.15 bits per heavy atom. The van der Waals surface area contributed by atoms with Crippen LogP contribution in [0.3, 0.4) is 0 Å². The van der Waals surface area contributed by atoms with Crippen molar-refractivity contribution in [2.45, 2.75) is 38.7 Å². The van der Waals surface area contributed by atoms with E-state index in [1.165, 1.54) is 0 Å². The predicted molar refractivity (Wildman–Crippen MR) is 101 cm³/mol. The van der Waals surface area contributed by atoms with Gasteiger partial charge in [0, 0.05) is 44.2 Å². The van der Waals surface area contributed by atoms with Gasteiger partial charge in [0.1, 0.15) is 0 Å². The van der Waals surface area contributed by atoms with Gasteiger partial charge in [-0.2, -0.15) is 0 Å². The van der Waals surface area contributed by atoms with Crippen LogP contribution in [-0.4, -0.2) is 49.2 Å². The van der Waals surface area contributed by atoms with Gasteiger partial charge in [0.15, 0.2) is 0 Å². The molecule has 0 saturated carbocycles. The van der Waals surface area contributed by atoms with Crippen LogP contribution in [0.4, 0.5) is 5.69 Å². The number of β-amino-alcohol motifs (C(OH)–C–C–N with tert-alkyl or cyclic N) is 1. The quantitative estimate of drug-likeness (QED) is 0.714. The molecule has 3 rings (SSSR count). The second kappa shape index (κ2) is 8.18. The highest BCUT2D eigenvalue weighted by Crippen LogP contribution is 2.33. The summed E-state index contributed by atoms with van der Waals surface area (Å²) in [7, 11) is 0. The predicted octanol–water partition coefficient (Wildman–Crippen LogP) is 1.25. The zero-order chi connectivity index (χ0) is 18.7. The SMILES string of the molecule is CCC(C)c1ccccc1N1CC(C(=O)NCC2CNCC2O)CC1=O. The molecule has 0 aliphatic carbocycles. The summed E-state index contributed by atoms with van der Waals surface area (Å²) >= 11 is 0. The summed E-state index contributed by atoms with van der Waals surface area (Å²) in [4.78, 5) is 26.8. The van der Waals surface area contributed by atoms with Crippen LogP contribution in [0.15, 0.2) is 24.3 Å². The summed E-state index contributed by atoms with van der Waals surface area (Å²) in [5.74, 6) is -0.0232. The van der Waals surface area contributed by atoms with Crippen LogP contribution < -0.4 is 15.5 Å². The molecule has 26 heavy (non-hydrogen) atoms. The van der Waals surface area contributed by atoms with Crippen molar-refractivity contribution in [1.29, 1.82) is 0 Å². The smallest absolute Gasteiger partial charge is 0.227 e. The zero-order valence-corrected chi connectivity index (χ0v) is 15.6. The number of amides is 2. The van der Waals surface area contributed by atoms with Crippen molar-refractivity contribution >= 4 is 17.5 Å². The molecule has 4 atom stereocenters. The van der Waals surface area contributed by atoms with E-state index in [-0.39, 0.29) is 30.1 Å². The van der Waals surface area contributed by atoms with Crippen molar-refractivity contribution in [3.63, 3.8) is 0 Å². The molecule has 2 heterocycles. The Kier molecular flexibility index (Phi) is 5.94. The maximum Gasteiger partial charge on any atom is 0.227 e. The maximum absolute atomic E-state index is 12.6. The number of aliphatic hydroxyl groups excluding tert-OH is 1. The first-order valence-electron chi connectivity index (χ1n) is 9.57. The molecule has 2 fully saturated rings. The lowest BCUT2D eigenvalue weighted by molar-refractivity contribution is -0.126. The van der Waals surface area contributed by atoms with Crippen LogP contribution in [-0.2, 0) is 9.59 Å². The molecule has 2 aliphatic rings. The molecule has 142 valence electrons. The fraction of sp³-hybridized carbons (Fsp3) is 0.600. The number of aliphatic hydroxyl groups is 1. The lowest BCUT2D eigenvalue weighted by atomic mass is 9.96. The largest absolute Gasteiger partial charge is 0.391 e. The van der Waals surface area contributed by atoms with Gasteiger partial charge in [-0.1, -0.05) is 32.0 Å². The highest BCUT2D eigenvalue weighted by atomic mass is 16.3. The topological polar surface area (TPSA) is 81.7 Å². The van der Waals surface area contributed by atoms with E-state index in [4.69, 9.17) is 0 Å². The average Bonchev–Trinajstić information content (AvgIpc) is 3.24. The molecule has 6 nitrogen and oxygen atoms in total. The van der Waals surface area contributed by atoms with Crippen LogP contribution in [0.25, 0.3) is 0 Å². The van der Waals surface area contributed by atoms with E-state index >= 15 is 0 Å². The van der Waals surface area contributed by atoms with Gasteiger partial charge in [0.05, 0.1) is 12.0 Å². The number of hydrogen-bond donors (Lipinski definition) is 3. The van der Waals surface area contributed by atoms with Gasteiger partial charge < -0.3 is 20.6 Å². The van der Waals surface area contributed by atoms with Crippen LogP contribution in [0, 0.1) is 11.8 Å². The first kappa shape index (κ1) is 18.9. The standard InChI is InChI=1S/C20H29N3O3/c1-3-13(2)16-6-4-5-7-17(16)23-12-14(8-19(23)25)20(26)22-10-15-9-21-11-18(15)24/h4-7,13-15,18,21,24H,3,8-12H2,1-2H3,(H,22,26). The number of carbonyl (C=O) groups excluding carboxylic acids is 2. The summed E-state index contributed by atoms with van der Waals surface area (Å²) < 4.78 is 0. The van der Waals surface area contributed by atoms with Crippen LogP contribution in [0.5, 0.6) is 0 Å². The van der Waals surface area contributed by atoms with Gasteiger partial charge in [-0.3, -0.25) is 9.59 Å². The number of anilines is 1. The minimum absolute atomic E-state index is 0.00321. The molecule has 0 aromatic heterocycles. The van der Waals surface area contributed by atoms with Crippen molar-refractivity contribution in [1.82, 2.24) is 10.6 Å². The lowest BCUT2D eigenvalue weighted by Crippen LogP contribution is -2.38. The number of nitrogens with one attached hydrogen (secondary N) is 2. The van der Waals surface area contributed by atoms with E-state index in [1.54, 1.807) is 4.90 Å². The van der Waals surface area contributed by atoms with Gasteiger partial charge in [-0.25, -0.2) is 0 Å². The number of benzene rings is 1. The molecule has 0 spiro atoms. The first-order chi connectivity index (χ1) is 12.5. The normalized spacial score (nSPS) is 27.0. The highest BCUT2D eigenvalue weighted by Gasteiger charge is 2.36. The fourth-order valence-corrected chi connectivity index (χ4v) is 3.79.